The Bertz CT molecular complexity index is 402. The lowest BCUT2D eigenvalue weighted by atomic mass is 9.88. The molecular formula is C13H22N2O5. The average molecular weight is 286 g/mol. The van der Waals surface area contributed by atoms with E-state index >= 15 is 0 Å². The minimum atomic E-state index is -1.15. The van der Waals surface area contributed by atoms with Crippen LogP contribution in [0.4, 0.5) is 4.79 Å². The number of ether oxygens (including phenoxy) is 3. The molecule has 7 heteroatoms. The number of rotatable bonds is 1. The third-order valence-corrected chi connectivity index (χ3v) is 3.93. The molecule has 20 heavy (non-hydrogen) atoms. The first-order valence-electron chi connectivity index (χ1n) is 7.02. The quantitative estimate of drug-likeness (QED) is 0.749. The molecule has 2 bridgehead atoms. The lowest BCUT2D eigenvalue weighted by Gasteiger charge is -2.61. The van der Waals surface area contributed by atoms with Gasteiger partial charge in [0.15, 0.2) is 12.0 Å². The summed E-state index contributed by atoms with van der Waals surface area (Å²) in [4.78, 5) is 15.5. The molecule has 1 N–H and O–H groups in total. The average Bonchev–Trinajstić information content (AvgIpc) is 2.89. The largest absolute Gasteiger partial charge is 0.444 e. The van der Waals surface area contributed by atoms with E-state index in [9.17, 15) is 9.90 Å². The number of piperidine rings is 1. The molecule has 4 fully saturated rings. The van der Waals surface area contributed by atoms with E-state index in [-0.39, 0.29) is 6.10 Å². The van der Waals surface area contributed by atoms with E-state index in [0.717, 1.165) is 0 Å². The first-order chi connectivity index (χ1) is 9.32. The van der Waals surface area contributed by atoms with Gasteiger partial charge in [0, 0.05) is 13.1 Å². The van der Waals surface area contributed by atoms with Crippen LogP contribution in [0.15, 0.2) is 0 Å². The molecule has 0 saturated carbocycles. The summed E-state index contributed by atoms with van der Waals surface area (Å²) in [5, 5.41) is 10.9. The summed E-state index contributed by atoms with van der Waals surface area (Å²) in [6, 6.07) is 0. The highest BCUT2D eigenvalue weighted by Gasteiger charge is 2.66. The summed E-state index contributed by atoms with van der Waals surface area (Å²) in [5.41, 5.74) is -1.71. The molecule has 4 aliphatic heterocycles. The van der Waals surface area contributed by atoms with Crippen LogP contribution in [0.5, 0.6) is 0 Å². The minimum Gasteiger partial charge on any atom is -0.444 e. The molecule has 0 aliphatic carbocycles. The van der Waals surface area contributed by atoms with Crippen LogP contribution in [0.1, 0.15) is 27.2 Å². The second kappa shape index (κ2) is 4.56. The third kappa shape index (κ3) is 2.09. The number of hydrogen-bond acceptors (Lipinski definition) is 6. The zero-order valence-electron chi connectivity index (χ0n) is 12.2. The van der Waals surface area contributed by atoms with Crippen LogP contribution in [0.3, 0.4) is 0 Å². The third-order valence-electron chi connectivity index (χ3n) is 3.93. The monoisotopic (exact) mass is 286 g/mol. The van der Waals surface area contributed by atoms with Crippen molar-refractivity contribution < 1.29 is 24.1 Å². The molecule has 7 nitrogen and oxygen atoms in total. The maximum atomic E-state index is 12.2. The van der Waals surface area contributed by atoms with E-state index < -0.39 is 23.6 Å². The van der Waals surface area contributed by atoms with E-state index in [1.165, 1.54) is 4.90 Å². The highest BCUT2D eigenvalue weighted by atomic mass is 16.6. The zero-order valence-corrected chi connectivity index (χ0v) is 12.2. The van der Waals surface area contributed by atoms with Crippen molar-refractivity contribution >= 4 is 6.09 Å². The van der Waals surface area contributed by atoms with Gasteiger partial charge in [-0.25, -0.2) is 9.69 Å². The fraction of sp³-hybridized carbons (Fsp3) is 0.923. The molecule has 4 aliphatic rings. The molecule has 0 aromatic rings. The van der Waals surface area contributed by atoms with E-state index in [1.54, 1.807) is 0 Å². The number of nitrogens with zero attached hydrogens (tertiary/aromatic N) is 2. The molecular weight excluding hydrogens is 264 g/mol. The number of carbonyl (C=O) groups excluding carboxylic acids is 1. The molecule has 4 saturated heterocycles. The molecule has 0 aromatic heterocycles. The van der Waals surface area contributed by atoms with Crippen LogP contribution in [-0.4, -0.2) is 71.1 Å². The van der Waals surface area contributed by atoms with Crippen molar-refractivity contribution in [1.82, 2.24) is 9.80 Å². The standard InChI is InChI=1S/C13H22N2O5/c1-12(2,3)20-11(16)15-5-4-9-13(17,10(15)19-9)14-6-7-18-8-14/h9-10,17H,4-8H2,1-3H3/t9?,10-,13+/m1/s1. The van der Waals surface area contributed by atoms with Crippen molar-refractivity contribution in [3.05, 3.63) is 0 Å². The topological polar surface area (TPSA) is 71.5 Å². The van der Waals surface area contributed by atoms with E-state index in [2.05, 4.69) is 0 Å². The molecule has 4 heterocycles. The van der Waals surface area contributed by atoms with Crippen LogP contribution in [0.25, 0.3) is 0 Å². The van der Waals surface area contributed by atoms with Gasteiger partial charge in [0.1, 0.15) is 18.4 Å². The number of amides is 1. The lowest BCUT2D eigenvalue weighted by Crippen LogP contribution is -2.81. The molecule has 4 rings (SSSR count). The van der Waals surface area contributed by atoms with E-state index in [0.29, 0.717) is 32.8 Å². The van der Waals surface area contributed by atoms with Gasteiger partial charge in [-0.05, 0) is 27.2 Å². The molecule has 0 spiro atoms. The maximum Gasteiger partial charge on any atom is 0.412 e. The van der Waals surface area contributed by atoms with Gasteiger partial charge in [0.2, 0.25) is 0 Å². The number of hydrogen-bond donors (Lipinski definition) is 1. The second-order valence-electron chi connectivity index (χ2n) is 6.52. The van der Waals surface area contributed by atoms with Crippen LogP contribution < -0.4 is 0 Å². The Morgan fingerprint density at radius 1 is 1.40 bits per heavy atom. The Morgan fingerprint density at radius 2 is 2.15 bits per heavy atom. The Hall–Kier alpha value is -0.890. The predicted molar refractivity (Wildman–Crippen MR) is 68.7 cm³/mol. The Balaban J connectivity index is 1.73. The predicted octanol–water partition coefficient (Wildman–Crippen LogP) is 0.330. The lowest BCUT2D eigenvalue weighted by molar-refractivity contribution is -0.401. The molecule has 1 unspecified atom stereocenters. The van der Waals surface area contributed by atoms with E-state index in [4.69, 9.17) is 14.2 Å². The van der Waals surface area contributed by atoms with Crippen LogP contribution in [0.2, 0.25) is 0 Å². The van der Waals surface area contributed by atoms with Gasteiger partial charge in [-0.2, -0.15) is 0 Å². The van der Waals surface area contributed by atoms with Gasteiger partial charge in [-0.1, -0.05) is 0 Å². The van der Waals surface area contributed by atoms with Gasteiger partial charge in [-0.15, -0.1) is 0 Å². The van der Waals surface area contributed by atoms with Crippen molar-refractivity contribution in [2.45, 2.75) is 50.8 Å². The van der Waals surface area contributed by atoms with E-state index in [1.807, 2.05) is 25.7 Å². The molecule has 1 amide bonds. The first-order valence-corrected chi connectivity index (χ1v) is 7.02. The van der Waals surface area contributed by atoms with Gasteiger partial charge >= 0.3 is 6.09 Å². The molecule has 0 radical (unpaired) electrons. The van der Waals surface area contributed by atoms with Gasteiger partial charge in [0.25, 0.3) is 0 Å². The summed E-state index contributed by atoms with van der Waals surface area (Å²) < 4.78 is 16.3. The van der Waals surface area contributed by atoms with Crippen molar-refractivity contribution in [3.8, 4) is 0 Å². The van der Waals surface area contributed by atoms with Gasteiger partial charge in [0.05, 0.1) is 6.61 Å². The zero-order chi connectivity index (χ0) is 14.5. The maximum absolute atomic E-state index is 12.2. The fourth-order valence-electron chi connectivity index (χ4n) is 2.96. The van der Waals surface area contributed by atoms with Crippen molar-refractivity contribution in [1.29, 1.82) is 0 Å². The molecule has 114 valence electrons. The Kier molecular flexibility index (Phi) is 3.20. The van der Waals surface area contributed by atoms with Crippen molar-refractivity contribution in [2.24, 2.45) is 0 Å². The highest BCUT2D eigenvalue weighted by Crippen LogP contribution is 2.44. The summed E-state index contributed by atoms with van der Waals surface area (Å²) in [6.07, 6.45) is -0.771. The summed E-state index contributed by atoms with van der Waals surface area (Å²) >= 11 is 0. The molecule has 0 aromatic carbocycles. The summed E-state index contributed by atoms with van der Waals surface area (Å²) in [6.45, 7) is 7.61. The van der Waals surface area contributed by atoms with Crippen LogP contribution >= 0.6 is 0 Å². The highest BCUT2D eigenvalue weighted by molar-refractivity contribution is 5.69. The normalized spacial score (nSPS) is 37.7. The molecule has 3 atom stereocenters. The minimum absolute atomic E-state index is 0.257. The first kappa shape index (κ1) is 14.1. The van der Waals surface area contributed by atoms with Crippen LogP contribution in [0, 0.1) is 0 Å². The van der Waals surface area contributed by atoms with Crippen LogP contribution in [-0.2, 0) is 14.2 Å². The van der Waals surface area contributed by atoms with Gasteiger partial charge < -0.3 is 19.3 Å². The van der Waals surface area contributed by atoms with Crippen molar-refractivity contribution in [3.63, 3.8) is 0 Å². The number of fused-ring (bicyclic) bond motifs is 2. The fourth-order valence-corrected chi connectivity index (χ4v) is 2.96. The van der Waals surface area contributed by atoms with Crippen molar-refractivity contribution in [2.75, 3.05) is 26.4 Å². The Labute approximate surface area is 118 Å². The van der Waals surface area contributed by atoms with Gasteiger partial charge in [-0.3, -0.25) is 4.90 Å². The smallest absolute Gasteiger partial charge is 0.412 e. The number of aliphatic hydroxyl groups is 1. The number of carbonyl (C=O) groups is 1. The summed E-state index contributed by atoms with van der Waals surface area (Å²) in [5.74, 6) is 0. The summed E-state index contributed by atoms with van der Waals surface area (Å²) in [7, 11) is 0. The SMILES string of the molecule is CC(C)(C)OC(=O)N1CCC2O[C@@H]1[C@]2(O)N1CCOC1. The second-order valence-corrected chi connectivity index (χ2v) is 6.52. The Morgan fingerprint density at radius 3 is 2.70 bits per heavy atom.